The van der Waals surface area contributed by atoms with Gasteiger partial charge in [0.05, 0.1) is 19.8 Å². The number of rotatable bonds is 6. The smallest absolute Gasteiger partial charge is 0.344 e. The van der Waals surface area contributed by atoms with Gasteiger partial charge in [-0.2, -0.15) is 0 Å². The summed E-state index contributed by atoms with van der Waals surface area (Å²) in [6, 6.07) is 3.66. The minimum Gasteiger partial charge on any atom is -0.493 e. The Hall–Kier alpha value is -2.36. The van der Waals surface area contributed by atoms with Gasteiger partial charge < -0.3 is 29.4 Å². The molecule has 0 aromatic heterocycles. The quantitative estimate of drug-likeness (QED) is 0.334. The highest BCUT2D eigenvalue weighted by molar-refractivity contribution is 6.50. The Morgan fingerprint density at radius 1 is 1.28 bits per heavy atom. The normalized spacial score (nSPS) is 38.7. The van der Waals surface area contributed by atoms with E-state index in [4.69, 9.17) is 18.9 Å². The predicted octanol–water partition coefficient (Wildman–Crippen LogP) is 2.93. The maximum absolute atomic E-state index is 13.5. The number of ether oxygens (including phenoxy) is 3. The highest BCUT2D eigenvalue weighted by Crippen LogP contribution is 2.68. The van der Waals surface area contributed by atoms with Crippen LogP contribution in [-0.4, -0.2) is 55.7 Å². The van der Waals surface area contributed by atoms with E-state index in [0.717, 1.165) is 30.3 Å². The van der Waals surface area contributed by atoms with Gasteiger partial charge in [0.1, 0.15) is 11.9 Å². The van der Waals surface area contributed by atoms with Gasteiger partial charge in [0, 0.05) is 23.2 Å². The van der Waals surface area contributed by atoms with Crippen LogP contribution in [-0.2, 0) is 25.6 Å². The van der Waals surface area contributed by atoms with E-state index in [0.29, 0.717) is 30.9 Å². The molecule has 0 saturated heterocycles. The lowest BCUT2D eigenvalue weighted by Crippen LogP contribution is -2.63. The fourth-order valence-corrected chi connectivity index (χ4v) is 8.25. The lowest BCUT2D eigenvalue weighted by atomic mass is 9.44. The van der Waals surface area contributed by atoms with Gasteiger partial charge in [-0.25, -0.2) is 4.79 Å². The Morgan fingerprint density at radius 3 is 2.72 bits per heavy atom. The molecular weight excluding hydrogens is 499 g/mol. The topological polar surface area (TPSA) is 123 Å². The van der Waals surface area contributed by atoms with Crippen LogP contribution in [0.1, 0.15) is 65.4 Å². The molecule has 0 unspecified atom stereocenters. The van der Waals surface area contributed by atoms with Gasteiger partial charge in [0.15, 0.2) is 18.1 Å². The number of fused-ring (bicyclic) bond motifs is 1. The van der Waals surface area contributed by atoms with Crippen LogP contribution in [0.3, 0.4) is 0 Å². The third-order valence-electron chi connectivity index (χ3n) is 10.8. The van der Waals surface area contributed by atoms with Crippen molar-refractivity contribution in [3.05, 3.63) is 30.4 Å². The summed E-state index contributed by atoms with van der Waals surface area (Å²) in [6.07, 6.45) is 4.03. The third-order valence-corrected chi connectivity index (χ3v) is 10.8. The van der Waals surface area contributed by atoms with Crippen molar-refractivity contribution in [1.29, 1.82) is 0 Å². The molecule has 1 heterocycles. The zero-order valence-corrected chi connectivity index (χ0v) is 23.7. The van der Waals surface area contributed by atoms with Crippen LogP contribution in [0.15, 0.2) is 24.8 Å². The van der Waals surface area contributed by atoms with Gasteiger partial charge in [0.2, 0.25) is 0 Å². The fourth-order valence-electron chi connectivity index (χ4n) is 8.25. The van der Waals surface area contributed by atoms with E-state index in [1.165, 1.54) is 0 Å². The van der Waals surface area contributed by atoms with Crippen LogP contribution in [0.4, 0.5) is 0 Å². The molecule has 213 valence electrons. The molecule has 3 fully saturated rings. The zero-order valence-electron chi connectivity index (χ0n) is 23.7. The average molecular weight is 541 g/mol. The molecule has 1 radical (unpaired) electrons. The van der Waals surface area contributed by atoms with Gasteiger partial charge in [-0.3, -0.25) is 4.79 Å². The predicted molar refractivity (Wildman–Crippen MR) is 147 cm³/mol. The summed E-state index contributed by atoms with van der Waals surface area (Å²) in [5.41, 5.74) is 0.263. The first-order valence-corrected chi connectivity index (χ1v) is 13.8. The molecule has 0 spiro atoms. The number of aliphatic hydroxyl groups excluding tert-OH is 1. The summed E-state index contributed by atoms with van der Waals surface area (Å²) in [6.45, 7) is 12.6. The largest absolute Gasteiger partial charge is 0.493 e. The second-order valence-electron chi connectivity index (χ2n) is 12.5. The molecule has 8 nitrogen and oxygen atoms in total. The Kier molecular flexibility index (Phi) is 8.02. The lowest BCUT2D eigenvalue weighted by Gasteiger charge is -2.61. The standard InChI is InChI=1S/C30H40BO7.H2O/c1-7-28(4)14-22(38-23(33)16-36-21-9-8-19-15-37-31-24(19)25(21)35-6)29(5)17(2)10-12-30(18(3)27(28)34)13-11-20(32)26(29)30;/h7-9,17-18,22,26-27,34H,1,10-16H2,2-6H3;1H2/t17-,18+,22-,26+,27+,28-,29+,30+;/m1./s1. The molecule has 39 heavy (non-hydrogen) atoms. The maximum atomic E-state index is 13.5. The van der Waals surface area contributed by atoms with Gasteiger partial charge in [-0.15, -0.1) is 6.58 Å². The van der Waals surface area contributed by atoms with E-state index >= 15 is 0 Å². The van der Waals surface area contributed by atoms with Crippen molar-refractivity contribution in [3.8, 4) is 11.5 Å². The van der Waals surface area contributed by atoms with Crippen molar-refractivity contribution in [2.24, 2.45) is 34.0 Å². The van der Waals surface area contributed by atoms with Crippen LogP contribution in [0, 0.1) is 34.0 Å². The first kappa shape index (κ1) is 29.6. The number of carbonyl (C=O) groups is 2. The summed E-state index contributed by atoms with van der Waals surface area (Å²) >= 11 is 0. The number of hydrogen-bond acceptors (Lipinski definition) is 7. The molecule has 1 aliphatic heterocycles. The van der Waals surface area contributed by atoms with E-state index in [1.54, 1.807) is 26.7 Å². The molecule has 2 bridgehead atoms. The summed E-state index contributed by atoms with van der Waals surface area (Å²) in [5, 5.41) is 11.7. The lowest BCUT2D eigenvalue weighted by molar-refractivity contribution is -0.207. The Labute approximate surface area is 232 Å². The summed E-state index contributed by atoms with van der Waals surface area (Å²) in [7, 11) is 3.19. The summed E-state index contributed by atoms with van der Waals surface area (Å²) in [4.78, 5) is 26.9. The molecule has 8 atom stereocenters. The first-order valence-electron chi connectivity index (χ1n) is 13.8. The molecular formula is C30H42BO8. The van der Waals surface area contributed by atoms with Crippen molar-refractivity contribution in [1.82, 2.24) is 0 Å². The number of benzene rings is 1. The number of carbonyl (C=O) groups excluding carboxylic acids is 2. The van der Waals surface area contributed by atoms with Crippen LogP contribution in [0.5, 0.6) is 11.5 Å². The number of aliphatic hydroxyl groups is 1. The molecule has 3 aliphatic carbocycles. The Morgan fingerprint density at radius 2 is 2.03 bits per heavy atom. The molecule has 3 saturated carbocycles. The Bertz CT molecular complexity index is 1140. The van der Waals surface area contributed by atoms with Gasteiger partial charge in [-0.05, 0) is 60.0 Å². The fraction of sp³-hybridized carbons (Fsp3) is 0.667. The number of Topliss-reactive ketones (excluding diaryl/α,β-unsaturated/α-hetero) is 1. The molecule has 9 heteroatoms. The molecule has 5 rings (SSSR count). The SMILES string of the molecule is C=C[C@]1(C)C[C@@H](OC(=O)COc2ccc3c(c2OC)[B]OC3)[C@]2(C)[C@H](C)CC[C@]3(CCC(=O)[C@H]32)[C@@H](C)[C@@H]1O.O. The molecule has 1 aromatic rings. The van der Waals surface area contributed by atoms with Crippen molar-refractivity contribution in [2.45, 2.75) is 78.6 Å². The highest BCUT2D eigenvalue weighted by atomic mass is 16.6. The van der Waals surface area contributed by atoms with E-state index in [2.05, 4.69) is 27.4 Å². The maximum Gasteiger partial charge on any atom is 0.344 e. The van der Waals surface area contributed by atoms with Gasteiger partial charge in [0.25, 0.3) is 0 Å². The van der Waals surface area contributed by atoms with Crippen molar-refractivity contribution >= 4 is 24.7 Å². The van der Waals surface area contributed by atoms with E-state index < -0.39 is 29.0 Å². The van der Waals surface area contributed by atoms with E-state index in [1.807, 2.05) is 13.0 Å². The zero-order chi connectivity index (χ0) is 27.5. The van der Waals surface area contributed by atoms with E-state index in [-0.39, 0.29) is 41.0 Å². The highest BCUT2D eigenvalue weighted by Gasteiger charge is 2.68. The first-order chi connectivity index (χ1) is 18.0. The second-order valence-corrected chi connectivity index (χ2v) is 12.5. The van der Waals surface area contributed by atoms with Gasteiger partial charge in [-0.1, -0.05) is 39.8 Å². The number of hydrogen-bond donors (Lipinski definition) is 1. The number of ketones is 1. The van der Waals surface area contributed by atoms with E-state index in [9.17, 15) is 14.7 Å². The molecule has 1 aromatic carbocycles. The number of methoxy groups -OCH3 is 1. The minimum atomic E-state index is -0.696. The third kappa shape index (κ3) is 4.41. The second kappa shape index (κ2) is 10.6. The van der Waals surface area contributed by atoms with Crippen molar-refractivity contribution in [3.63, 3.8) is 0 Å². The molecule has 4 aliphatic rings. The monoisotopic (exact) mass is 541 g/mol. The van der Waals surface area contributed by atoms with Crippen LogP contribution in [0.2, 0.25) is 0 Å². The molecule has 0 amide bonds. The average Bonchev–Trinajstić information content (AvgIpc) is 3.52. The van der Waals surface area contributed by atoms with Gasteiger partial charge >= 0.3 is 13.5 Å². The molecule has 3 N–H and O–H groups in total. The van der Waals surface area contributed by atoms with Crippen LogP contribution >= 0.6 is 0 Å². The van der Waals surface area contributed by atoms with Crippen molar-refractivity contribution < 1.29 is 39.0 Å². The summed E-state index contributed by atoms with van der Waals surface area (Å²) in [5.74, 6) is 0.520. The number of esters is 1. The van der Waals surface area contributed by atoms with Crippen LogP contribution < -0.4 is 14.9 Å². The van der Waals surface area contributed by atoms with Crippen molar-refractivity contribution in [2.75, 3.05) is 13.7 Å². The van der Waals surface area contributed by atoms with Crippen LogP contribution in [0.25, 0.3) is 0 Å². The Balaban J connectivity index is 0.00000353. The summed E-state index contributed by atoms with van der Waals surface area (Å²) < 4.78 is 23.1. The minimum absolute atomic E-state index is 0.